The topological polar surface area (TPSA) is 67.2 Å². The van der Waals surface area contributed by atoms with Gasteiger partial charge in [0.05, 0.1) is 12.0 Å². The fourth-order valence-corrected chi connectivity index (χ4v) is 3.31. The molecular weight excluding hydrogens is 377 g/mol. The zero-order valence-corrected chi connectivity index (χ0v) is 15.5. The zero-order chi connectivity index (χ0) is 19.3. The number of nitrogens with zero attached hydrogens (tertiary/aromatic N) is 1. The molecule has 0 fully saturated rings. The lowest BCUT2D eigenvalue weighted by molar-refractivity contribution is 0.0996. The zero-order valence-electron chi connectivity index (χ0n) is 14.7. The van der Waals surface area contributed by atoms with E-state index in [4.69, 9.17) is 4.42 Å². The van der Waals surface area contributed by atoms with Gasteiger partial charge in [-0.3, -0.25) is 4.79 Å². The van der Waals surface area contributed by atoms with Gasteiger partial charge in [-0.05, 0) is 54.1 Å². The fourth-order valence-electron chi connectivity index (χ4n) is 2.59. The summed E-state index contributed by atoms with van der Waals surface area (Å²) in [5.74, 6) is -0.278. The molecule has 2 N–H and O–H groups in total. The van der Waals surface area contributed by atoms with Crippen LogP contribution < -0.4 is 10.6 Å². The van der Waals surface area contributed by atoms with Crippen LogP contribution >= 0.6 is 11.3 Å². The van der Waals surface area contributed by atoms with Gasteiger partial charge in [-0.25, -0.2) is 9.37 Å². The van der Waals surface area contributed by atoms with E-state index >= 15 is 0 Å². The monoisotopic (exact) mass is 393 g/mol. The standard InChI is InChI=1S/C21H16FN3O2S/c22-16-7-5-15(6-8-16)18-13-28-21(25-18)23-12-14-3-9-17(10-4-14)24-20(26)19-2-1-11-27-19/h1-11,13H,12H2,(H,23,25)(H,24,26). The van der Waals surface area contributed by atoms with Gasteiger partial charge < -0.3 is 15.1 Å². The van der Waals surface area contributed by atoms with Crippen LogP contribution in [0.5, 0.6) is 0 Å². The number of carbonyl (C=O) groups is 1. The molecule has 4 aromatic rings. The Morgan fingerprint density at radius 1 is 1.07 bits per heavy atom. The second-order valence-electron chi connectivity index (χ2n) is 6.03. The van der Waals surface area contributed by atoms with E-state index in [0.717, 1.165) is 22.0 Å². The Kier molecular flexibility index (Phi) is 5.16. The van der Waals surface area contributed by atoms with Gasteiger partial charge in [0.25, 0.3) is 5.91 Å². The minimum absolute atomic E-state index is 0.263. The molecule has 0 aliphatic carbocycles. The molecule has 0 atom stereocenters. The number of benzene rings is 2. The number of carbonyl (C=O) groups excluding carboxylic acids is 1. The third-order valence-electron chi connectivity index (χ3n) is 4.04. The van der Waals surface area contributed by atoms with Crippen molar-refractivity contribution in [1.29, 1.82) is 0 Å². The molecular formula is C21H16FN3O2S. The lowest BCUT2D eigenvalue weighted by Gasteiger charge is -2.06. The summed E-state index contributed by atoms with van der Waals surface area (Å²) in [4.78, 5) is 16.5. The van der Waals surface area contributed by atoms with Crippen molar-refractivity contribution in [1.82, 2.24) is 4.98 Å². The second kappa shape index (κ2) is 8.06. The van der Waals surface area contributed by atoms with E-state index in [0.29, 0.717) is 12.2 Å². The van der Waals surface area contributed by atoms with Crippen molar-refractivity contribution in [3.63, 3.8) is 0 Å². The number of halogens is 1. The maximum Gasteiger partial charge on any atom is 0.291 e. The minimum atomic E-state index is -0.285. The molecule has 4 rings (SSSR count). The van der Waals surface area contributed by atoms with Crippen LogP contribution in [0.1, 0.15) is 16.1 Å². The first kappa shape index (κ1) is 17.9. The van der Waals surface area contributed by atoms with Crippen molar-refractivity contribution in [3.8, 4) is 11.3 Å². The van der Waals surface area contributed by atoms with E-state index in [-0.39, 0.29) is 17.5 Å². The number of thiazole rings is 1. The number of nitrogens with one attached hydrogen (secondary N) is 2. The number of hydrogen-bond acceptors (Lipinski definition) is 5. The highest BCUT2D eigenvalue weighted by Gasteiger charge is 2.09. The third kappa shape index (κ3) is 4.27. The highest BCUT2D eigenvalue weighted by molar-refractivity contribution is 7.14. The Morgan fingerprint density at radius 3 is 2.57 bits per heavy atom. The second-order valence-corrected chi connectivity index (χ2v) is 6.88. The molecule has 0 spiro atoms. The van der Waals surface area contributed by atoms with Crippen molar-refractivity contribution in [2.24, 2.45) is 0 Å². The molecule has 5 nitrogen and oxygen atoms in total. The highest BCUT2D eigenvalue weighted by atomic mass is 32.1. The number of rotatable bonds is 6. The van der Waals surface area contributed by atoms with Crippen LogP contribution in [0.2, 0.25) is 0 Å². The molecule has 1 amide bonds. The van der Waals surface area contributed by atoms with Crippen molar-refractivity contribution in [2.45, 2.75) is 6.54 Å². The molecule has 0 saturated carbocycles. The Morgan fingerprint density at radius 2 is 1.86 bits per heavy atom. The number of amides is 1. The van der Waals surface area contributed by atoms with Crippen molar-refractivity contribution in [3.05, 3.63) is 89.4 Å². The SMILES string of the molecule is O=C(Nc1ccc(CNc2nc(-c3ccc(F)cc3)cs2)cc1)c1ccco1. The van der Waals surface area contributed by atoms with Crippen LogP contribution in [0.3, 0.4) is 0 Å². The van der Waals surface area contributed by atoms with Crippen molar-refractivity contribution >= 4 is 28.1 Å². The minimum Gasteiger partial charge on any atom is -0.459 e. The molecule has 2 heterocycles. The van der Waals surface area contributed by atoms with Crippen LogP contribution in [-0.2, 0) is 6.54 Å². The van der Waals surface area contributed by atoms with E-state index < -0.39 is 0 Å². The first-order valence-corrected chi connectivity index (χ1v) is 9.44. The quantitative estimate of drug-likeness (QED) is 0.460. The molecule has 0 aliphatic rings. The van der Waals surface area contributed by atoms with Crippen LogP contribution in [0, 0.1) is 5.82 Å². The highest BCUT2D eigenvalue weighted by Crippen LogP contribution is 2.25. The molecule has 0 radical (unpaired) electrons. The Bertz CT molecular complexity index is 1060. The summed E-state index contributed by atoms with van der Waals surface area (Å²) in [5.41, 5.74) is 3.43. The summed E-state index contributed by atoms with van der Waals surface area (Å²) in [6.07, 6.45) is 1.46. The predicted molar refractivity (Wildman–Crippen MR) is 108 cm³/mol. The summed E-state index contributed by atoms with van der Waals surface area (Å²) >= 11 is 1.49. The fraction of sp³-hybridized carbons (Fsp3) is 0.0476. The molecule has 2 aromatic carbocycles. The number of aromatic nitrogens is 1. The molecule has 2 aromatic heterocycles. The van der Waals surface area contributed by atoms with Gasteiger partial charge in [-0.2, -0.15) is 0 Å². The van der Waals surface area contributed by atoms with E-state index in [9.17, 15) is 9.18 Å². The third-order valence-corrected chi connectivity index (χ3v) is 4.84. The van der Waals surface area contributed by atoms with Gasteiger partial charge in [0.2, 0.25) is 0 Å². The summed E-state index contributed by atoms with van der Waals surface area (Å²) in [7, 11) is 0. The smallest absolute Gasteiger partial charge is 0.291 e. The molecule has 0 unspecified atom stereocenters. The first-order valence-electron chi connectivity index (χ1n) is 8.56. The molecule has 0 bridgehead atoms. The Labute approximate surface area is 164 Å². The largest absolute Gasteiger partial charge is 0.459 e. The Balaban J connectivity index is 1.34. The lowest BCUT2D eigenvalue weighted by Crippen LogP contribution is -2.10. The number of hydrogen-bond donors (Lipinski definition) is 2. The number of anilines is 2. The van der Waals surface area contributed by atoms with Gasteiger partial charge in [0, 0.05) is 23.2 Å². The van der Waals surface area contributed by atoms with Crippen LogP contribution in [0.25, 0.3) is 11.3 Å². The molecule has 28 heavy (non-hydrogen) atoms. The summed E-state index contributed by atoms with van der Waals surface area (Å²) < 4.78 is 18.1. The average molecular weight is 393 g/mol. The normalized spacial score (nSPS) is 10.6. The summed E-state index contributed by atoms with van der Waals surface area (Å²) in [6, 6.07) is 17.1. The molecule has 7 heteroatoms. The molecule has 0 aliphatic heterocycles. The van der Waals surface area contributed by atoms with Crippen LogP contribution in [-0.4, -0.2) is 10.9 Å². The van der Waals surface area contributed by atoms with Gasteiger partial charge in [0.15, 0.2) is 10.9 Å². The van der Waals surface area contributed by atoms with Gasteiger partial charge >= 0.3 is 0 Å². The average Bonchev–Trinajstić information content (AvgIpc) is 3.40. The lowest BCUT2D eigenvalue weighted by atomic mass is 10.2. The van der Waals surface area contributed by atoms with E-state index in [2.05, 4.69) is 15.6 Å². The van der Waals surface area contributed by atoms with Crippen LogP contribution in [0.4, 0.5) is 15.2 Å². The van der Waals surface area contributed by atoms with Crippen molar-refractivity contribution < 1.29 is 13.6 Å². The van der Waals surface area contributed by atoms with Crippen molar-refractivity contribution in [2.75, 3.05) is 10.6 Å². The van der Waals surface area contributed by atoms with Gasteiger partial charge in [-0.1, -0.05) is 12.1 Å². The maximum atomic E-state index is 13.0. The molecule has 140 valence electrons. The van der Waals surface area contributed by atoms with E-state index in [1.807, 2.05) is 29.6 Å². The van der Waals surface area contributed by atoms with Gasteiger partial charge in [0.1, 0.15) is 5.82 Å². The first-order chi connectivity index (χ1) is 13.7. The predicted octanol–water partition coefficient (Wildman–Crippen LogP) is 5.41. The van der Waals surface area contributed by atoms with Gasteiger partial charge in [-0.15, -0.1) is 11.3 Å². The van der Waals surface area contributed by atoms with E-state index in [1.165, 1.54) is 29.7 Å². The summed E-state index contributed by atoms with van der Waals surface area (Å²) in [6.45, 7) is 0.600. The number of furan rings is 1. The van der Waals surface area contributed by atoms with Crippen LogP contribution in [0.15, 0.2) is 76.7 Å². The Hall–Kier alpha value is -3.45. The molecule has 0 saturated heterocycles. The maximum absolute atomic E-state index is 13.0. The summed E-state index contributed by atoms with van der Waals surface area (Å²) in [5, 5.41) is 8.78. The van der Waals surface area contributed by atoms with E-state index in [1.54, 1.807) is 24.3 Å².